The number of amides is 1. The fourth-order valence-corrected chi connectivity index (χ4v) is 3.23. The summed E-state index contributed by atoms with van der Waals surface area (Å²) in [5.41, 5.74) is 2.83. The van der Waals surface area contributed by atoms with Crippen LogP contribution < -0.4 is 11.1 Å². The molecule has 30 heavy (non-hydrogen) atoms. The number of oxazole rings is 1. The van der Waals surface area contributed by atoms with Crippen LogP contribution in [0.15, 0.2) is 57.7 Å². The number of para-hydroxylation sites is 3. The molecule has 0 saturated heterocycles. The van der Waals surface area contributed by atoms with E-state index in [2.05, 4.69) is 19.2 Å². The van der Waals surface area contributed by atoms with Crippen LogP contribution in [0.25, 0.3) is 11.1 Å². The number of nitrogens with one attached hydrogen (secondary N) is 1. The van der Waals surface area contributed by atoms with Gasteiger partial charge < -0.3 is 14.5 Å². The highest BCUT2D eigenvalue weighted by Crippen LogP contribution is 2.26. The first-order chi connectivity index (χ1) is 14.4. The molecule has 7 nitrogen and oxygen atoms in total. The Kier molecular flexibility index (Phi) is 6.72. The minimum Gasteiger partial charge on any atom is -0.452 e. The van der Waals surface area contributed by atoms with Crippen LogP contribution in [0.4, 0.5) is 5.69 Å². The van der Waals surface area contributed by atoms with E-state index in [0.29, 0.717) is 17.0 Å². The number of aromatic nitrogens is 1. The van der Waals surface area contributed by atoms with Crippen molar-refractivity contribution < 1.29 is 18.7 Å². The number of carbonyl (C=O) groups is 2. The molecule has 0 radical (unpaired) electrons. The van der Waals surface area contributed by atoms with Gasteiger partial charge in [0.1, 0.15) is 0 Å². The standard InChI is InChI=1S/C23H26N2O5/c1-4-15(2)17-9-5-6-10-18(17)24-22(27)16(3)29-21(26)13-14-25-19-11-7-8-12-20(19)30-23(25)28/h5-12,15-16H,4,13-14H2,1-3H3,(H,24,27)/t15-,16+/m0/s1. The maximum absolute atomic E-state index is 12.5. The quantitative estimate of drug-likeness (QED) is 0.566. The van der Waals surface area contributed by atoms with Gasteiger partial charge in [0.25, 0.3) is 5.91 Å². The third-order valence-electron chi connectivity index (χ3n) is 5.15. The van der Waals surface area contributed by atoms with Gasteiger partial charge in [0.15, 0.2) is 11.7 Å². The number of hydrogen-bond donors (Lipinski definition) is 1. The lowest BCUT2D eigenvalue weighted by atomic mass is 9.97. The molecule has 7 heteroatoms. The van der Waals surface area contributed by atoms with Gasteiger partial charge in [0.2, 0.25) is 0 Å². The normalized spacial score (nSPS) is 13.0. The van der Waals surface area contributed by atoms with Gasteiger partial charge in [-0.2, -0.15) is 0 Å². The van der Waals surface area contributed by atoms with Gasteiger partial charge in [-0.1, -0.05) is 44.2 Å². The molecule has 1 aromatic heterocycles. The Balaban J connectivity index is 1.58. The summed E-state index contributed by atoms with van der Waals surface area (Å²) < 4.78 is 11.8. The van der Waals surface area contributed by atoms with Crippen molar-refractivity contribution in [2.24, 2.45) is 0 Å². The number of ether oxygens (including phenoxy) is 1. The minimum atomic E-state index is -0.958. The Bertz CT molecular complexity index is 1100. The van der Waals surface area contributed by atoms with E-state index < -0.39 is 23.7 Å². The second-order valence-electron chi connectivity index (χ2n) is 7.26. The zero-order valence-corrected chi connectivity index (χ0v) is 17.4. The topological polar surface area (TPSA) is 90.5 Å². The number of hydrogen-bond acceptors (Lipinski definition) is 5. The molecule has 0 aliphatic heterocycles. The number of anilines is 1. The molecule has 0 spiro atoms. The zero-order valence-electron chi connectivity index (χ0n) is 17.4. The molecule has 2 atom stereocenters. The molecule has 0 bridgehead atoms. The van der Waals surface area contributed by atoms with Crippen molar-refractivity contribution >= 4 is 28.7 Å². The van der Waals surface area contributed by atoms with Crippen molar-refractivity contribution in [2.75, 3.05) is 5.32 Å². The molecule has 1 heterocycles. The van der Waals surface area contributed by atoms with Gasteiger partial charge in [-0.25, -0.2) is 4.79 Å². The summed E-state index contributed by atoms with van der Waals surface area (Å²) in [6.45, 7) is 5.82. The number of fused-ring (bicyclic) bond motifs is 1. The molecule has 0 aliphatic rings. The fourth-order valence-electron chi connectivity index (χ4n) is 3.23. The second-order valence-corrected chi connectivity index (χ2v) is 7.26. The minimum absolute atomic E-state index is 0.0511. The summed E-state index contributed by atoms with van der Waals surface area (Å²) in [5.74, 6) is -1.20. The van der Waals surface area contributed by atoms with Gasteiger partial charge in [0.05, 0.1) is 11.9 Å². The molecule has 0 aliphatic carbocycles. The van der Waals surface area contributed by atoms with Gasteiger partial charge in [-0.15, -0.1) is 0 Å². The van der Waals surface area contributed by atoms with Crippen LogP contribution in [-0.4, -0.2) is 22.5 Å². The van der Waals surface area contributed by atoms with Crippen molar-refractivity contribution in [1.29, 1.82) is 0 Å². The van der Waals surface area contributed by atoms with Crippen molar-refractivity contribution in [3.8, 4) is 0 Å². The first-order valence-corrected chi connectivity index (χ1v) is 10.1. The third-order valence-corrected chi connectivity index (χ3v) is 5.15. The SMILES string of the molecule is CC[C@H](C)c1ccccc1NC(=O)[C@@H](C)OC(=O)CCn1c(=O)oc2ccccc21. The Hall–Kier alpha value is -3.35. The van der Waals surface area contributed by atoms with Crippen LogP contribution in [0.1, 0.15) is 45.1 Å². The Morgan fingerprint density at radius 2 is 1.80 bits per heavy atom. The Labute approximate surface area is 174 Å². The zero-order chi connectivity index (χ0) is 21.7. The third kappa shape index (κ3) is 4.79. The van der Waals surface area contributed by atoms with Gasteiger partial charge in [-0.05, 0) is 43.0 Å². The van der Waals surface area contributed by atoms with Crippen LogP contribution >= 0.6 is 0 Å². The fraction of sp³-hybridized carbons (Fsp3) is 0.348. The summed E-state index contributed by atoms with van der Waals surface area (Å²) in [6, 6.07) is 14.6. The van der Waals surface area contributed by atoms with Gasteiger partial charge in [0, 0.05) is 12.2 Å². The molecule has 0 unspecified atom stereocenters. The van der Waals surface area contributed by atoms with E-state index in [-0.39, 0.29) is 13.0 Å². The molecule has 3 aromatic rings. The maximum Gasteiger partial charge on any atom is 0.419 e. The van der Waals surface area contributed by atoms with E-state index >= 15 is 0 Å². The van der Waals surface area contributed by atoms with Crippen molar-refractivity contribution in [3.05, 3.63) is 64.6 Å². The number of nitrogens with zero attached hydrogens (tertiary/aromatic N) is 1. The molecule has 158 valence electrons. The Morgan fingerprint density at radius 3 is 2.57 bits per heavy atom. The van der Waals surface area contributed by atoms with Crippen LogP contribution in [0.5, 0.6) is 0 Å². The highest BCUT2D eigenvalue weighted by Gasteiger charge is 2.20. The lowest BCUT2D eigenvalue weighted by Crippen LogP contribution is -2.31. The second kappa shape index (κ2) is 9.43. The van der Waals surface area contributed by atoms with E-state index in [4.69, 9.17) is 9.15 Å². The smallest absolute Gasteiger partial charge is 0.419 e. The molecule has 1 amide bonds. The number of aryl methyl sites for hydroxylation is 1. The van der Waals surface area contributed by atoms with E-state index in [9.17, 15) is 14.4 Å². The highest BCUT2D eigenvalue weighted by atomic mass is 16.5. The lowest BCUT2D eigenvalue weighted by Gasteiger charge is -2.18. The molecule has 3 rings (SSSR count). The lowest BCUT2D eigenvalue weighted by molar-refractivity contribution is -0.153. The first kappa shape index (κ1) is 21.4. The van der Waals surface area contributed by atoms with E-state index in [1.54, 1.807) is 24.3 Å². The summed E-state index contributed by atoms with van der Waals surface area (Å²) in [7, 11) is 0. The van der Waals surface area contributed by atoms with Gasteiger partial charge >= 0.3 is 11.7 Å². The van der Waals surface area contributed by atoms with Gasteiger partial charge in [-0.3, -0.25) is 14.2 Å². The van der Waals surface area contributed by atoms with E-state index in [1.807, 2.05) is 24.3 Å². The summed E-state index contributed by atoms with van der Waals surface area (Å²) in [4.78, 5) is 36.7. The Morgan fingerprint density at radius 1 is 1.10 bits per heavy atom. The predicted molar refractivity (Wildman–Crippen MR) is 114 cm³/mol. The van der Waals surface area contributed by atoms with E-state index in [1.165, 1.54) is 11.5 Å². The van der Waals surface area contributed by atoms with Crippen molar-refractivity contribution in [1.82, 2.24) is 4.57 Å². The van der Waals surface area contributed by atoms with E-state index in [0.717, 1.165) is 17.7 Å². The molecule has 0 saturated carbocycles. The molecule has 0 fully saturated rings. The molecular weight excluding hydrogens is 384 g/mol. The summed E-state index contributed by atoms with van der Waals surface area (Å²) >= 11 is 0. The van der Waals surface area contributed by atoms with Crippen molar-refractivity contribution in [2.45, 2.75) is 52.2 Å². The summed E-state index contributed by atoms with van der Waals surface area (Å²) in [5, 5.41) is 2.85. The van der Waals surface area contributed by atoms with Crippen LogP contribution in [0, 0.1) is 0 Å². The van der Waals surface area contributed by atoms with Crippen LogP contribution in [0.2, 0.25) is 0 Å². The number of benzene rings is 2. The molecule has 1 N–H and O–H groups in total. The first-order valence-electron chi connectivity index (χ1n) is 10.1. The average molecular weight is 410 g/mol. The number of rotatable bonds is 8. The monoisotopic (exact) mass is 410 g/mol. The number of carbonyl (C=O) groups excluding carboxylic acids is 2. The highest BCUT2D eigenvalue weighted by molar-refractivity contribution is 5.95. The maximum atomic E-state index is 12.5. The van der Waals surface area contributed by atoms with Crippen LogP contribution in [-0.2, 0) is 20.9 Å². The average Bonchev–Trinajstić information content (AvgIpc) is 3.06. The summed E-state index contributed by atoms with van der Waals surface area (Å²) in [6.07, 6.45) is -0.0652. The van der Waals surface area contributed by atoms with Crippen LogP contribution in [0.3, 0.4) is 0 Å². The molecule has 2 aromatic carbocycles. The largest absolute Gasteiger partial charge is 0.452 e. The predicted octanol–water partition coefficient (Wildman–Crippen LogP) is 4.07. The number of esters is 1. The molecular formula is C23H26N2O5. The van der Waals surface area contributed by atoms with Crippen molar-refractivity contribution in [3.63, 3.8) is 0 Å².